The first-order valence-corrected chi connectivity index (χ1v) is 7.17. The fraction of sp³-hybridized carbons (Fsp3) is 1.00. The zero-order chi connectivity index (χ0) is 12.1. The van der Waals surface area contributed by atoms with Gasteiger partial charge in [-0.05, 0) is 32.1 Å². The fourth-order valence-corrected chi connectivity index (χ4v) is 3.36. The Morgan fingerprint density at radius 3 is 2.82 bits per heavy atom. The van der Waals surface area contributed by atoms with Crippen LogP contribution in [0.2, 0.25) is 0 Å². The summed E-state index contributed by atoms with van der Waals surface area (Å²) < 4.78 is 17.1. The van der Waals surface area contributed by atoms with Crippen LogP contribution < -0.4 is 0 Å². The second-order valence-corrected chi connectivity index (χ2v) is 5.26. The van der Waals surface area contributed by atoms with Gasteiger partial charge in [-0.2, -0.15) is 0 Å². The van der Waals surface area contributed by atoms with Crippen LogP contribution in [0.1, 0.15) is 46.0 Å². The minimum atomic E-state index is 0.258. The van der Waals surface area contributed by atoms with Gasteiger partial charge < -0.3 is 14.2 Å². The Labute approximate surface area is 105 Å². The van der Waals surface area contributed by atoms with Crippen LogP contribution in [0.4, 0.5) is 0 Å². The molecule has 4 atom stereocenters. The van der Waals surface area contributed by atoms with Gasteiger partial charge in [-0.15, -0.1) is 0 Å². The van der Waals surface area contributed by atoms with Crippen LogP contribution >= 0.6 is 0 Å². The van der Waals surface area contributed by atoms with Crippen molar-refractivity contribution in [2.45, 2.75) is 58.2 Å². The second-order valence-electron chi connectivity index (χ2n) is 5.26. The van der Waals surface area contributed by atoms with Crippen LogP contribution in [0.3, 0.4) is 0 Å². The largest absolute Gasteiger partial charge is 0.379 e. The number of ether oxygens (including phenoxy) is 3. The van der Waals surface area contributed by atoms with Gasteiger partial charge in [0.1, 0.15) is 6.79 Å². The van der Waals surface area contributed by atoms with Crippen LogP contribution in [-0.2, 0) is 14.2 Å². The van der Waals surface area contributed by atoms with Gasteiger partial charge >= 0.3 is 0 Å². The van der Waals surface area contributed by atoms with E-state index in [4.69, 9.17) is 14.2 Å². The van der Waals surface area contributed by atoms with Gasteiger partial charge in [0.15, 0.2) is 0 Å². The summed E-state index contributed by atoms with van der Waals surface area (Å²) in [5.41, 5.74) is 0. The van der Waals surface area contributed by atoms with Crippen molar-refractivity contribution < 1.29 is 14.2 Å². The number of rotatable bonds is 5. The highest BCUT2D eigenvalue weighted by atomic mass is 16.7. The molecule has 1 aliphatic heterocycles. The maximum atomic E-state index is 5.88. The summed E-state index contributed by atoms with van der Waals surface area (Å²) >= 11 is 0. The van der Waals surface area contributed by atoms with Gasteiger partial charge in [-0.3, -0.25) is 0 Å². The predicted molar refractivity (Wildman–Crippen MR) is 66.8 cm³/mol. The van der Waals surface area contributed by atoms with Gasteiger partial charge in [0.2, 0.25) is 0 Å². The molecule has 3 nitrogen and oxygen atoms in total. The molecule has 0 aromatic heterocycles. The first-order valence-electron chi connectivity index (χ1n) is 7.17. The Hall–Kier alpha value is -0.120. The zero-order valence-corrected chi connectivity index (χ0v) is 11.2. The molecule has 0 bridgehead atoms. The SMILES string of the molecule is CCCC1CCCC2C(COCC)OCOC12. The molecule has 0 aromatic rings. The first kappa shape index (κ1) is 13.3. The lowest BCUT2D eigenvalue weighted by atomic mass is 9.74. The number of hydrogen-bond donors (Lipinski definition) is 0. The van der Waals surface area contributed by atoms with Crippen molar-refractivity contribution in [1.29, 1.82) is 0 Å². The van der Waals surface area contributed by atoms with Gasteiger partial charge in [0.05, 0.1) is 18.8 Å². The van der Waals surface area contributed by atoms with Crippen molar-refractivity contribution in [3.8, 4) is 0 Å². The average molecular weight is 242 g/mol. The number of hydrogen-bond acceptors (Lipinski definition) is 3. The highest BCUT2D eigenvalue weighted by molar-refractivity contribution is 4.89. The lowest BCUT2D eigenvalue weighted by Gasteiger charge is -2.45. The predicted octanol–water partition coefficient (Wildman–Crippen LogP) is 2.98. The average Bonchev–Trinajstić information content (AvgIpc) is 2.37. The standard InChI is InChI=1S/C14H26O3/c1-3-6-11-7-5-8-12-13(9-15-4-2)16-10-17-14(11)12/h11-14H,3-10H2,1-2H3. The minimum Gasteiger partial charge on any atom is -0.379 e. The molecule has 1 saturated carbocycles. The van der Waals surface area contributed by atoms with Crippen molar-refractivity contribution in [1.82, 2.24) is 0 Å². The molecular weight excluding hydrogens is 216 g/mol. The Morgan fingerprint density at radius 1 is 1.18 bits per heavy atom. The van der Waals surface area contributed by atoms with Crippen molar-refractivity contribution in [3.63, 3.8) is 0 Å². The summed E-state index contributed by atoms with van der Waals surface area (Å²) in [6, 6.07) is 0. The zero-order valence-electron chi connectivity index (χ0n) is 11.2. The Bertz CT molecular complexity index is 218. The Morgan fingerprint density at radius 2 is 2.06 bits per heavy atom. The molecular formula is C14H26O3. The topological polar surface area (TPSA) is 27.7 Å². The Balaban J connectivity index is 1.94. The summed E-state index contributed by atoms with van der Waals surface area (Å²) in [4.78, 5) is 0. The molecule has 100 valence electrons. The quantitative estimate of drug-likeness (QED) is 0.742. The molecule has 0 aromatic carbocycles. The third kappa shape index (κ3) is 3.21. The Kier molecular flexibility index (Phi) is 5.26. The molecule has 0 amide bonds. The van der Waals surface area contributed by atoms with E-state index in [0.29, 0.717) is 18.8 Å². The van der Waals surface area contributed by atoms with Crippen molar-refractivity contribution in [2.24, 2.45) is 11.8 Å². The van der Waals surface area contributed by atoms with Crippen molar-refractivity contribution in [2.75, 3.05) is 20.0 Å². The monoisotopic (exact) mass is 242 g/mol. The van der Waals surface area contributed by atoms with Gasteiger partial charge in [-0.25, -0.2) is 0 Å². The van der Waals surface area contributed by atoms with Gasteiger partial charge in [0, 0.05) is 12.5 Å². The molecule has 0 spiro atoms. The molecule has 17 heavy (non-hydrogen) atoms. The molecule has 1 heterocycles. The summed E-state index contributed by atoms with van der Waals surface area (Å²) in [5, 5.41) is 0. The molecule has 0 N–H and O–H groups in total. The lowest BCUT2D eigenvalue weighted by Crippen LogP contribution is -2.49. The van der Waals surface area contributed by atoms with E-state index < -0.39 is 0 Å². The maximum Gasteiger partial charge on any atom is 0.147 e. The molecule has 2 aliphatic rings. The smallest absolute Gasteiger partial charge is 0.147 e. The van der Waals surface area contributed by atoms with Crippen molar-refractivity contribution in [3.05, 3.63) is 0 Å². The van der Waals surface area contributed by atoms with E-state index in [-0.39, 0.29) is 6.10 Å². The first-order chi connectivity index (χ1) is 8.36. The fourth-order valence-electron chi connectivity index (χ4n) is 3.36. The van der Waals surface area contributed by atoms with E-state index in [2.05, 4.69) is 6.92 Å². The molecule has 3 heteroatoms. The molecule has 2 fully saturated rings. The van der Waals surface area contributed by atoms with E-state index in [1.807, 2.05) is 6.92 Å². The van der Waals surface area contributed by atoms with Crippen LogP contribution in [0.15, 0.2) is 0 Å². The van der Waals surface area contributed by atoms with Crippen molar-refractivity contribution >= 4 is 0 Å². The van der Waals surface area contributed by atoms with E-state index >= 15 is 0 Å². The summed E-state index contributed by atoms with van der Waals surface area (Å²) in [5.74, 6) is 1.30. The van der Waals surface area contributed by atoms with Crippen LogP contribution in [0.5, 0.6) is 0 Å². The highest BCUT2D eigenvalue weighted by Gasteiger charge is 2.41. The molecule has 2 rings (SSSR count). The van der Waals surface area contributed by atoms with E-state index in [1.54, 1.807) is 0 Å². The molecule has 1 aliphatic carbocycles. The summed E-state index contributed by atoms with van der Waals surface area (Å²) in [6.45, 7) is 6.27. The lowest BCUT2D eigenvalue weighted by molar-refractivity contribution is -0.241. The van der Waals surface area contributed by atoms with Gasteiger partial charge in [0.25, 0.3) is 0 Å². The molecule has 4 unspecified atom stereocenters. The summed E-state index contributed by atoms with van der Waals surface area (Å²) in [7, 11) is 0. The van der Waals surface area contributed by atoms with E-state index in [9.17, 15) is 0 Å². The molecule has 1 saturated heterocycles. The normalized spacial score (nSPS) is 37.8. The van der Waals surface area contributed by atoms with E-state index in [1.165, 1.54) is 32.1 Å². The van der Waals surface area contributed by atoms with Crippen LogP contribution in [0.25, 0.3) is 0 Å². The second kappa shape index (κ2) is 6.72. The van der Waals surface area contributed by atoms with Crippen LogP contribution in [-0.4, -0.2) is 32.2 Å². The number of fused-ring (bicyclic) bond motifs is 1. The van der Waals surface area contributed by atoms with Crippen LogP contribution in [0, 0.1) is 11.8 Å². The third-order valence-corrected chi connectivity index (χ3v) is 4.16. The minimum absolute atomic E-state index is 0.258. The molecule has 0 radical (unpaired) electrons. The summed E-state index contributed by atoms with van der Waals surface area (Å²) in [6.07, 6.45) is 7.12. The maximum absolute atomic E-state index is 5.88. The highest BCUT2D eigenvalue weighted by Crippen LogP contribution is 2.39. The van der Waals surface area contributed by atoms with Gasteiger partial charge in [-0.1, -0.05) is 19.8 Å². The third-order valence-electron chi connectivity index (χ3n) is 4.16. The van der Waals surface area contributed by atoms with E-state index in [0.717, 1.165) is 19.1 Å².